The summed E-state index contributed by atoms with van der Waals surface area (Å²) in [5.41, 5.74) is 3.11. The molecule has 0 bridgehead atoms. The van der Waals surface area contributed by atoms with E-state index in [0.717, 1.165) is 16.7 Å². The molecule has 1 amide bonds. The largest absolute Gasteiger partial charge is 0.353 e. The third kappa shape index (κ3) is 4.90. The van der Waals surface area contributed by atoms with E-state index in [-0.39, 0.29) is 16.7 Å². The minimum atomic E-state index is -3.77. The molecule has 2 unspecified atom stereocenters. The highest BCUT2D eigenvalue weighted by molar-refractivity contribution is 8.02. The van der Waals surface area contributed by atoms with Gasteiger partial charge in [-0.25, -0.2) is 8.42 Å². The molecular weight excluding hydrogens is 440 g/mol. The number of hydrogen-bond acceptors (Lipinski definition) is 4. The van der Waals surface area contributed by atoms with Crippen LogP contribution in [-0.2, 0) is 14.8 Å². The highest BCUT2D eigenvalue weighted by atomic mass is 32.2. The first-order chi connectivity index (χ1) is 15.5. The quantitative estimate of drug-likeness (QED) is 0.563. The van der Waals surface area contributed by atoms with Crippen LogP contribution in [0.15, 0.2) is 89.8 Å². The molecule has 0 saturated carbocycles. The van der Waals surface area contributed by atoms with Crippen LogP contribution in [0.1, 0.15) is 18.4 Å². The molecule has 0 radical (unpaired) electrons. The van der Waals surface area contributed by atoms with Crippen molar-refractivity contribution in [2.75, 3.05) is 18.8 Å². The molecule has 2 atom stereocenters. The number of nitrogens with zero attached hydrogens (tertiary/aromatic N) is 1. The molecule has 3 aromatic carbocycles. The zero-order valence-electron chi connectivity index (χ0n) is 17.8. The van der Waals surface area contributed by atoms with Gasteiger partial charge in [-0.3, -0.25) is 4.79 Å². The number of carbonyl (C=O) groups is 1. The average molecular weight is 467 g/mol. The summed E-state index contributed by atoms with van der Waals surface area (Å²) in [6, 6.07) is 26.6. The molecule has 32 heavy (non-hydrogen) atoms. The van der Waals surface area contributed by atoms with Crippen LogP contribution in [0, 0.1) is 0 Å². The van der Waals surface area contributed by atoms with Crippen LogP contribution in [0.5, 0.6) is 0 Å². The second-order valence-electron chi connectivity index (χ2n) is 7.79. The summed E-state index contributed by atoms with van der Waals surface area (Å²) < 4.78 is 27.9. The Hall–Kier alpha value is -2.61. The van der Waals surface area contributed by atoms with Crippen molar-refractivity contribution in [2.45, 2.75) is 23.1 Å². The summed E-state index contributed by atoms with van der Waals surface area (Å²) in [6.07, 6.45) is 0. The third-order valence-corrected chi connectivity index (χ3v) is 8.81. The van der Waals surface area contributed by atoms with E-state index in [4.69, 9.17) is 0 Å². The number of sulfonamides is 1. The molecule has 4 rings (SSSR count). The maximum absolute atomic E-state index is 13.3. The van der Waals surface area contributed by atoms with E-state index < -0.39 is 15.4 Å². The van der Waals surface area contributed by atoms with Gasteiger partial charge in [-0.2, -0.15) is 4.31 Å². The van der Waals surface area contributed by atoms with E-state index >= 15 is 0 Å². The summed E-state index contributed by atoms with van der Waals surface area (Å²) in [5.74, 6) is 0.468. The van der Waals surface area contributed by atoms with Crippen LogP contribution in [-0.4, -0.2) is 42.8 Å². The first-order valence-electron chi connectivity index (χ1n) is 10.6. The Balaban J connectivity index is 1.45. The summed E-state index contributed by atoms with van der Waals surface area (Å²) in [6.45, 7) is 2.82. The number of hydrogen-bond donors (Lipinski definition) is 1. The lowest BCUT2D eigenvalue weighted by Gasteiger charge is -2.23. The molecule has 1 saturated heterocycles. The Morgan fingerprint density at radius 1 is 0.969 bits per heavy atom. The first kappa shape index (κ1) is 22.6. The van der Waals surface area contributed by atoms with E-state index in [1.807, 2.05) is 79.7 Å². The normalized spacial score (nSPS) is 17.7. The molecule has 0 spiro atoms. The van der Waals surface area contributed by atoms with E-state index in [1.54, 1.807) is 12.1 Å². The van der Waals surface area contributed by atoms with Gasteiger partial charge in [0.1, 0.15) is 5.37 Å². The third-order valence-electron chi connectivity index (χ3n) is 5.59. The predicted molar refractivity (Wildman–Crippen MR) is 130 cm³/mol. The minimum Gasteiger partial charge on any atom is -0.353 e. The molecule has 1 aliphatic rings. The first-order valence-corrected chi connectivity index (χ1v) is 13.1. The highest BCUT2D eigenvalue weighted by Gasteiger charge is 2.40. The molecular formula is C25H26N2O3S2. The van der Waals surface area contributed by atoms with Gasteiger partial charge in [-0.1, -0.05) is 79.7 Å². The van der Waals surface area contributed by atoms with Gasteiger partial charge in [-0.05, 0) is 34.7 Å². The lowest BCUT2D eigenvalue weighted by atomic mass is 10.0. The topological polar surface area (TPSA) is 66.5 Å². The van der Waals surface area contributed by atoms with Crippen LogP contribution in [0.4, 0.5) is 0 Å². The van der Waals surface area contributed by atoms with Crippen molar-refractivity contribution in [3.8, 4) is 11.1 Å². The van der Waals surface area contributed by atoms with Crippen LogP contribution >= 0.6 is 11.8 Å². The number of rotatable bonds is 7. The van der Waals surface area contributed by atoms with Crippen LogP contribution in [0.3, 0.4) is 0 Å². The van der Waals surface area contributed by atoms with Crippen molar-refractivity contribution in [3.05, 3.63) is 90.5 Å². The lowest BCUT2D eigenvalue weighted by Crippen LogP contribution is -2.45. The van der Waals surface area contributed by atoms with Crippen LogP contribution in [0.2, 0.25) is 0 Å². The summed E-state index contributed by atoms with van der Waals surface area (Å²) in [7, 11) is -3.77. The number of nitrogens with one attached hydrogen (secondary N) is 1. The van der Waals surface area contributed by atoms with Crippen molar-refractivity contribution >= 4 is 27.7 Å². The van der Waals surface area contributed by atoms with Crippen molar-refractivity contribution in [1.82, 2.24) is 9.62 Å². The molecule has 1 N–H and O–H groups in total. The van der Waals surface area contributed by atoms with Gasteiger partial charge in [-0.15, -0.1) is 11.8 Å². The van der Waals surface area contributed by atoms with Gasteiger partial charge < -0.3 is 5.32 Å². The molecule has 166 valence electrons. The van der Waals surface area contributed by atoms with Gasteiger partial charge in [0, 0.05) is 18.8 Å². The van der Waals surface area contributed by atoms with Crippen LogP contribution < -0.4 is 5.32 Å². The molecule has 3 aromatic rings. The van der Waals surface area contributed by atoms with Gasteiger partial charge in [0.2, 0.25) is 15.9 Å². The number of carbonyl (C=O) groups excluding carboxylic acids is 1. The molecule has 7 heteroatoms. The number of thioether (sulfide) groups is 1. The molecule has 1 heterocycles. The van der Waals surface area contributed by atoms with Crippen molar-refractivity contribution < 1.29 is 13.2 Å². The van der Waals surface area contributed by atoms with E-state index in [9.17, 15) is 13.2 Å². The van der Waals surface area contributed by atoms with Crippen molar-refractivity contribution in [3.63, 3.8) is 0 Å². The maximum Gasteiger partial charge on any atom is 0.248 e. The van der Waals surface area contributed by atoms with Gasteiger partial charge >= 0.3 is 0 Å². The standard InChI is InChI=1S/C25H26N2O3S2/c1-19(20-8-4-2-5-9-20)18-26-24(28)25-27(16-17-31-25)32(29,30)23-14-12-22(13-15-23)21-10-6-3-7-11-21/h2-15,19,25H,16-18H2,1H3,(H,26,28). The Morgan fingerprint density at radius 3 is 2.22 bits per heavy atom. The Kier molecular flexibility index (Phi) is 6.98. The predicted octanol–water partition coefficient (Wildman–Crippen LogP) is 4.34. The summed E-state index contributed by atoms with van der Waals surface area (Å²) in [5, 5.41) is 2.19. The van der Waals surface area contributed by atoms with Gasteiger partial charge in [0.25, 0.3) is 0 Å². The number of benzene rings is 3. The molecule has 0 aliphatic carbocycles. The Bertz CT molecular complexity index is 1150. The fourth-order valence-corrected chi connectivity index (χ4v) is 6.83. The zero-order chi connectivity index (χ0) is 22.6. The SMILES string of the molecule is CC(CNC(=O)C1SCCN1S(=O)(=O)c1ccc(-c2ccccc2)cc1)c1ccccc1. The molecule has 0 aromatic heterocycles. The fraction of sp³-hybridized carbons (Fsp3) is 0.240. The van der Waals surface area contributed by atoms with Crippen LogP contribution in [0.25, 0.3) is 11.1 Å². The Labute approximate surface area is 193 Å². The monoisotopic (exact) mass is 466 g/mol. The van der Waals surface area contributed by atoms with Crippen molar-refractivity contribution in [2.24, 2.45) is 0 Å². The zero-order valence-corrected chi connectivity index (χ0v) is 19.5. The molecule has 1 fully saturated rings. The second kappa shape index (κ2) is 9.90. The average Bonchev–Trinajstić information content (AvgIpc) is 3.35. The molecule has 1 aliphatic heterocycles. The van der Waals surface area contributed by atoms with E-state index in [0.29, 0.717) is 18.8 Å². The lowest BCUT2D eigenvalue weighted by molar-refractivity contribution is -0.122. The second-order valence-corrected chi connectivity index (χ2v) is 10.9. The minimum absolute atomic E-state index is 0.141. The summed E-state index contributed by atoms with van der Waals surface area (Å²) >= 11 is 1.36. The maximum atomic E-state index is 13.3. The Morgan fingerprint density at radius 2 is 1.56 bits per heavy atom. The highest BCUT2D eigenvalue weighted by Crippen LogP contribution is 2.31. The fourth-order valence-electron chi connectivity index (χ4n) is 3.73. The summed E-state index contributed by atoms with van der Waals surface area (Å²) in [4.78, 5) is 13.1. The smallest absolute Gasteiger partial charge is 0.248 e. The van der Waals surface area contributed by atoms with Gasteiger partial charge in [0.05, 0.1) is 4.90 Å². The van der Waals surface area contributed by atoms with Gasteiger partial charge in [0.15, 0.2) is 0 Å². The molecule has 5 nitrogen and oxygen atoms in total. The van der Waals surface area contributed by atoms with Crippen molar-refractivity contribution in [1.29, 1.82) is 0 Å². The number of amides is 1. The van der Waals surface area contributed by atoms with E-state index in [2.05, 4.69) is 5.32 Å². The van der Waals surface area contributed by atoms with E-state index in [1.165, 1.54) is 16.1 Å².